The van der Waals surface area contributed by atoms with E-state index in [2.05, 4.69) is 5.10 Å². The molecule has 1 aliphatic rings. The Labute approximate surface area is 182 Å². The molecule has 0 aliphatic carbocycles. The van der Waals surface area contributed by atoms with Crippen LogP contribution in [0, 0.1) is 0 Å². The maximum atomic E-state index is 13.0. The average molecular weight is 440 g/mol. The molecule has 3 aromatic rings. The first kappa shape index (κ1) is 20.7. The van der Waals surface area contributed by atoms with Crippen molar-refractivity contribution < 1.29 is 28.2 Å². The number of methoxy groups -OCH3 is 2. The van der Waals surface area contributed by atoms with E-state index < -0.39 is 5.97 Å². The number of rotatable bonds is 7. The van der Waals surface area contributed by atoms with Crippen LogP contribution in [-0.4, -0.2) is 43.4 Å². The molecule has 4 rings (SSSR count). The van der Waals surface area contributed by atoms with Gasteiger partial charge in [-0.05, 0) is 41.8 Å². The molecule has 1 atom stereocenters. The zero-order valence-electron chi connectivity index (χ0n) is 16.9. The van der Waals surface area contributed by atoms with Crippen LogP contribution in [0.3, 0.4) is 0 Å². The van der Waals surface area contributed by atoms with Crippen LogP contribution in [0.4, 0.5) is 0 Å². The maximum absolute atomic E-state index is 13.0. The lowest BCUT2D eigenvalue weighted by atomic mass is 10.1. The molecule has 0 fully saturated rings. The van der Waals surface area contributed by atoms with Crippen molar-refractivity contribution in [2.45, 2.75) is 12.5 Å². The fourth-order valence-electron chi connectivity index (χ4n) is 3.27. The first-order chi connectivity index (χ1) is 15.1. The summed E-state index contributed by atoms with van der Waals surface area (Å²) in [7, 11) is 2.76. The topological polar surface area (TPSA) is 90.6 Å². The van der Waals surface area contributed by atoms with Gasteiger partial charge >= 0.3 is 5.97 Å². The largest absolute Gasteiger partial charge is 0.493 e. The normalized spacial score (nSPS) is 15.5. The first-order valence-corrected chi connectivity index (χ1v) is 10.3. The second-order valence-corrected chi connectivity index (χ2v) is 7.62. The molecule has 2 aromatic heterocycles. The second kappa shape index (κ2) is 9.05. The van der Waals surface area contributed by atoms with Crippen LogP contribution in [0.5, 0.6) is 11.5 Å². The van der Waals surface area contributed by atoms with Gasteiger partial charge in [0.2, 0.25) is 0 Å². The molecule has 1 aliphatic heterocycles. The molecule has 8 nitrogen and oxygen atoms in total. The van der Waals surface area contributed by atoms with Gasteiger partial charge in [-0.3, -0.25) is 4.79 Å². The van der Waals surface area contributed by atoms with Crippen molar-refractivity contribution in [2.75, 3.05) is 20.8 Å². The van der Waals surface area contributed by atoms with Gasteiger partial charge in [-0.1, -0.05) is 6.07 Å². The fraction of sp³-hybridized carbons (Fsp3) is 0.227. The van der Waals surface area contributed by atoms with Gasteiger partial charge in [0.15, 0.2) is 18.1 Å². The second-order valence-electron chi connectivity index (χ2n) is 6.64. The van der Waals surface area contributed by atoms with E-state index in [0.717, 1.165) is 4.88 Å². The highest BCUT2D eigenvalue weighted by molar-refractivity contribution is 7.10. The number of nitrogens with zero attached hydrogens (tertiary/aromatic N) is 2. The predicted molar refractivity (Wildman–Crippen MR) is 114 cm³/mol. The van der Waals surface area contributed by atoms with Crippen LogP contribution in [0.2, 0.25) is 0 Å². The summed E-state index contributed by atoms with van der Waals surface area (Å²) in [5.41, 5.74) is 1.03. The molecule has 160 valence electrons. The summed E-state index contributed by atoms with van der Waals surface area (Å²) < 4.78 is 21.2. The Morgan fingerprint density at radius 1 is 1.19 bits per heavy atom. The molecule has 3 heterocycles. The number of carbonyl (C=O) groups is 2. The molecule has 0 bridgehead atoms. The molecule has 9 heteroatoms. The minimum atomic E-state index is -0.489. The molecule has 0 N–H and O–H groups in total. The van der Waals surface area contributed by atoms with Gasteiger partial charge in [-0.25, -0.2) is 9.80 Å². The van der Waals surface area contributed by atoms with Crippen LogP contribution in [-0.2, 0) is 9.53 Å². The number of thiophene rings is 1. The molecule has 0 spiro atoms. The third-order valence-electron chi connectivity index (χ3n) is 4.78. The van der Waals surface area contributed by atoms with E-state index in [1.807, 2.05) is 23.6 Å². The van der Waals surface area contributed by atoms with E-state index in [0.29, 0.717) is 35.0 Å². The number of furan rings is 1. The van der Waals surface area contributed by atoms with E-state index in [1.54, 1.807) is 35.8 Å². The summed E-state index contributed by atoms with van der Waals surface area (Å²) >= 11 is 1.57. The number of carbonyl (C=O) groups excluding carboxylic acids is 2. The number of ether oxygens (including phenoxy) is 3. The number of hydrogen-bond acceptors (Lipinski definition) is 8. The Bertz CT molecular complexity index is 1090. The van der Waals surface area contributed by atoms with Gasteiger partial charge in [-0.2, -0.15) is 5.10 Å². The molecular formula is C22H20N2O6S. The van der Waals surface area contributed by atoms with Crippen LogP contribution < -0.4 is 9.47 Å². The van der Waals surface area contributed by atoms with Crippen molar-refractivity contribution in [1.82, 2.24) is 5.01 Å². The predicted octanol–water partition coefficient (Wildman–Crippen LogP) is 3.89. The molecule has 1 aromatic carbocycles. The van der Waals surface area contributed by atoms with Crippen molar-refractivity contribution >= 4 is 28.9 Å². The van der Waals surface area contributed by atoms with Crippen molar-refractivity contribution in [2.24, 2.45) is 5.10 Å². The van der Waals surface area contributed by atoms with Crippen LogP contribution >= 0.6 is 11.3 Å². The highest BCUT2D eigenvalue weighted by Crippen LogP contribution is 2.35. The van der Waals surface area contributed by atoms with Crippen molar-refractivity contribution in [1.29, 1.82) is 0 Å². The summed E-state index contributed by atoms with van der Waals surface area (Å²) in [5, 5.41) is 7.92. The quantitative estimate of drug-likeness (QED) is 0.518. The number of esters is 1. The van der Waals surface area contributed by atoms with E-state index >= 15 is 0 Å². The molecular weight excluding hydrogens is 420 g/mol. The van der Waals surface area contributed by atoms with Gasteiger partial charge in [0.1, 0.15) is 11.5 Å². The molecule has 31 heavy (non-hydrogen) atoms. The molecule has 0 unspecified atom stereocenters. The fourth-order valence-corrected chi connectivity index (χ4v) is 4.08. The summed E-state index contributed by atoms with van der Waals surface area (Å²) in [6, 6.07) is 11.9. The van der Waals surface area contributed by atoms with E-state index in [-0.39, 0.29) is 18.6 Å². The Balaban J connectivity index is 1.52. The zero-order valence-corrected chi connectivity index (χ0v) is 17.8. The van der Waals surface area contributed by atoms with Crippen LogP contribution in [0.25, 0.3) is 0 Å². The van der Waals surface area contributed by atoms with Gasteiger partial charge in [0, 0.05) is 11.3 Å². The molecule has 0 saturated carbocycles. The third kappa shape index (κ3) is 4.31. The highest BCUT2D eigenvalue weighted by Gasteiger charge is 2.34. The highest BCUT2D eigenvalue weighted by atomic mass is 32.1. The number of hydrogen-bond donors (Lipinski definition) is 0. The minimum Gasteiger partial charge on any atom is -0.493 e. The lowest BCUT2D eigenvalue weighted by Crippen LogP contribution is -2.31. The van der Waals surface area contributed by atoms with Crippen molar-refractivity contribution in [3.8, 4) is 11.5 Å². The molecule has 0 radical (unpaired) electrons. The lowest BCUT2D eigenvalue weighted by Gasteiger charge is -2.21. The Morgan fingerprint density at radius 2 is 2.06 bits per heavy atom. The smallest absolute Gasteiger partial charge is 0.337 e. The van der Waals surface area contributed by atoms with E-state index in [1.165, 1.54) is 25.3 Å². The maximum Gasteiger partial charge on any atom is 0.337 e. The Hall–Kier alpha value is -3.59. The lowest BCUT2D eigenvalue weighted by molar-refractivity contribution is -0.135. The minimum absolute atomic E-state index is 0.222. The monoisotopic (exact) mass is 440 g/mol. The van der Waals surface area contributed by atoms with Crippen molar-refractivity contribution in [3.63, 3.8) is 0 Å². The van der Waals surface area contributed by atoms with Crippen LogP contribution in [0.15, 0.2) is 63.6 Å². The average Bonchev–Trinajstić information content (AvgIpc) is 3.56. The third-order valence-corrected chi connectivity index (χ3v) is 5.75. The van der Waals surface area contributed by atoms with Gasteiger partial charge in [0.05, 0.1) is 32.1 Å². The van der Waals surface area contributed by atoms with Gasteiger partial charge < -0.3 is 18.6 Å². The summed E-state index contributed by atoms with van der Waals surface area (Å²) in [5.74, 6) is 0.505. The van der Waals surface area contributed by atoms with Crippen LogP contribution in [0.1, 0.15) is 33.5 Å². The Morgan fingerprint density at radius 3 is 2.74 bits per heavy atom. The molecule has 0 saturated heterocycles. The molecule has 1 amide bonds. The van der Waals surface area contributed by atoms with E-state index in [9.17, 15) is 9.59 Å². The number of benzene rings is 1. The van der Waals surface area contributed by atoms with E-state index in [4.69, 9.17) is 18.6 Å². The van der Waals surface area contributed by atoms with Gasteiger partial charge in [-0.15, -0.1) is 11.3 Å². The number of amides is 1. The summed E-state index contributed by atoms with van der Waals surface area (Å²) in [6.07, 6.45) is 2.13. The standard InChI is InChI=1S/C22H20N2O6S/c1-27-19-11-14(22(26)28-2)7-8-18(19)30-13-21(25)24-16(20-6-4-10-31-20)12-15(23-24)17-5-3-9-29-17/h3-11,16H,12-13H2,1-2H3/t16-/m1/s1. The summed E-state index contributed by atoms with van der Waals surface area (Å²) in [6.45, 7) is -0.245. The zero-order chi connectivity index (χ0) is 21.8. The SMILES string of the molecule is COC(=O)c1ccc(OCC(=O)N2N=C(c3ccco3)C[C@@H]2c2cccs2)c(OC)c1. The Kier molecular flexibility index (Phi) is 6.03. The number of hydrazone groups is 1. The first-order valence-electron chi connectivity index (χ1n) is 9.46. The van der Waals surface area contributed by atoms with Crippen molar-refractivity contribution in [3.05, 3.63) is 70.3 Å². The summed E-state index contributed by atoms with van der Waals surface area (Å²) in [4.78, 5) is 25.7. The van der Waals surface area contributed by atoms with Gasteiger partial charge in [0.25, 0.3) is 5.91 Å².